The molecule has 0 aliphatic heterocycles. The van der Waals surface area contributed by atoms with Crippen LogP contribution in [0.4, 0.5) is 0 Å². The molecule has 2 aromatic heterocycles. The third-order valence-electron chi connectivity index (χ3n) is 3.00. The van der Waals surface area contributed by atoms with Crippen molar-refractivity contribution < 1.29 is 4.79 Å². The lowest BCUT2D eigenvalue weighted by Crippen LogP contribution is -1.99. The first-order valence-electron chi connectivity index (χ1n) is 6.04. The standard InChI is InChI=1S/C14H12N4OS/c1-9(19)10-3-4-11-12(7-10)18(8-16-11)13-5-6-15-14(17-13)20-2/h3-8H,1-2H3. The van der Waals surface area contributed by atoms with E-state index in [1.807, 2.05) is 29.0 Å². The fraction of sp³-hybridized carbons (Fsp3) is 0.143. The highest BCUT2D eigenvalue weighted by atomic mass is 32.2. The normalized spacial score (nSPS) is 10.9. The molecule has 5 nitrogen and oxygen atoms in total. The van der Waals surface area contributed by atoms with Crippen molar-refractivity contribution in [1.29, 1.82) is 0 Å². The zero-order valence-corrected chi connectivity index (χ0v) is 11.9. The highest BCUT2D eigenvalue weighted by molar-refractivity contribution is 7.98. The predicted molar refractivity (Wildman–Crippen MR) is 78.4 cm³/mol. The van der Waals surface area contributed by atoms with Crippen molar-refractivity contribution in [3.05, 3.63) is 42.4 Å². The number of ketones is 1. The van der Waals surface area contributed by atoms with Gasteiger partial charge in [0.1, 0.15) is 12.1 Å². The van der Waals surface area contributed by atoms with Gasteiger partial charge in [0, 0.05) is 11.8 Å². The highest BCUT2D eigenvalue weighted by Gasteiger charge is 2.09. The van der Waals surface area contributed by atoms with Crippen LogP contribution < -0.4 is 0 Å². The minimum Gasteiger partial charge on any atom is -0.295 e. The van der Waals surface area contributed by atoms with E-state index in [2.05, 4.69) is 15.0 Å². The number of imidazole rings is 1. The molecule has 6 heteroatoms. The van der Waals surface area contributed by atoms with Crippen LogP contribution in [0.5, 0.6) is 0 Å². The van der Waals surface area contributed by atoms with Gasteiger partial charge in [-0.3, -0.25) is 9.36 Å². The fourth-order valence-corrected chi connectivity index (χ4v) is 2.32. The predicted octanol–water partition coefficient (Wildman–Crippen LogP) is 2.74. The van der Waals surface area contributed by atoms with E-state index in [-0.39, 0.29) is 5.78 Å². The molecule has 0 bridgehead atoms. The van der Waals surface area contributed by atoms with E-state index in [0.717, 1.165) is 16.9 Å². The number of nitrogens with zero attached hydrogens (tertiary/aromatic N) is 4. The SMILES string of the molecule is CSc1nccc(-n2cnc3ccc(C(C)=O)cc32)n1. The third kappa shape index (κ3) is 2.18. The number of fused-ring (bicyclic) bond motifs is 1. The smallest absolute Gasteiger partial charge is 0.189 e. The molecule has 0 amide bonds. The Morgan fingerprint density at radius 1 is 1.25 bits per heavy atom. The molecule has 0 saturated heterocycles. The van der Waals surface area contributed by atoms with Crippen molar-refractivity contribution >= 4 is 28.6 Å². The van der Waals surface area contributed by atoms with Crippen LogP contribution in [0, 0.1) is 0 Å². The van der Waals surface area contributed by atoms with Gasteiger partial charge in [-0.15, -0.1) is 0 Å². The Hall–Kier alpha value is -2.21. The van der Waals surface area contributed by atoms with E-state index >= 15 is 0 Å². The summed E-state index contributed by atoms with van der Waals surface area (Å²) in [4.78, 5) is 24.4. The van der Waals surface area contributed by atoms with Gasteiger partial charge in [0.2, 0.25) is 0 Å². The minimum absolute atomic E-state index is 0.0344. The summed E-state index contributed by atoms with van der Waals surface area (Å²) in [6.07, 6.45) is 5.36. The van der Waals surface area contributed by atoms with E-state index in [0.29, 0.717) is 10.7 Å². The molecule has 0 fully saturated rings. The van der Waals surface area contributed by atoms with Crippen LogP contribution in [0.2, 0.25) is 0 Å². The molecule has 0 unspecified atom stereocenters. The number of aromatic nitrogens is 4. The summed E-state index contributed by atoms with van der Waals surface area (Å²) >= 11 is 1.48. The Bertz CT molecular complexity index is 797. The van der Waals surface area contributed by atoms with Gasteiger partial charge in [-0.05, 0) is 37.4 Å². The molecule has 0 N–H and O–H groups in total. The van der Waals surface area contributed by atoms with Gasteiger partial charge in [-0.1, -0.05) is 11.8 Å². The van der Waals surface area contributed by atoms with Crippen LogP contribution >= 0.6 is 11.8 Å². The largest absolute Gasteiger partial charge is 0.295 e. The number of hydrogen-bond donors (Lipinski definition) is 0. The lowest BCUT2D eigenvalue weighted by molar-refractivity contribution is 0.101. The second-order valence-corrected chi connectivity index (χ2v) is 5.05. The lowest BCUT2D eigenvalue weighted by Gasteiger charge is -2.05. The first kappa shape index (κ1) is 12.8. The quantitative estimate of drug-likeness (QED) is 0.420. The maximum atomic E-state index is 11.5. The Labute approximate surface area is 120 Å². The highest BCUT2D eigenvalue weighted by Crippen LogP contribution is 2.19. The summed E-state index contributed by atoms with van der Waals surface area (Å²) in [5, 5.41) is 0.701. The second-order valence-electron chi connectivity index (χ2n) is 4.28. The van der Waals surface area contributed by atoms with E-state index in [4.69, 9.17) is 0 Å². The average Bonchev–Trinajstić information content (AvgIpc) is 2.90. The van der Waals surface area contributed by atoms with Crippen LogP contribution in [0.15, 0.2) is 41.9 Å². The number of Topliss-reactive ketones (excluding diaryl/α,β-unsaturated/α-hetero) is 1. The van der Waals surface area contributed by atoms with Gasteiger partial charge in [-0.2, -0.15) is 0 Å². The molecule has 1 aromatic carbocycles. The summed E-state index contributed by atoms with van der Waals surface area (Å²) < 4.78 is 1.86. The summed E-state index contributed by atoms with van der Waals surface area (Å²) in [7, 11) is 0. The summed E-state index contributed by atoms with van der Waals surface area (Å²) in [5.41, 5.74) is 2.36. The van der Waals surface area contributed by atoms with Crippen molar-refractivity contribution in [3.63, 3.8) is 0 Å². The monoisotopic (exact) mass is 284 g/mol. The minimum atomic E-state index is 0.0344. The molecule has 0 radical (unpaired) electrons. The topological polar surface area (TPSA) is 60.7 Å². The molecule has 3 rings (SSSR count). The Balaban J connectivity index is 2.20. The van der Waals surface area contributed by atoms with Crippen molar-refractivity contribution in [2.24, 2.45) is 0 Å². The van der Waals surface area contributed by atoms with Crippen LogP contribution in [-0.4, -0.2) is 31.6 Å². The maximum absolute atomic E-state index is 11.5. The molecule has 0 spiro atoms. The fourth-order valence-electron chi connectivity index (χ4n) is 1.97. The van der Waals surface area contributed by atoms with Gasteiger partial charge in [0.25, 0.3) is 0 Å². The van der Waals surface area contributed by atoms with Gasteiger partial charge < -0.3 is 0 Å². The summed E-state index contributed by atoms with van der Waals surface area (Å²) in [6, 6.07) is 7.29. The van der Waals surface area contributed by atoms with Crippen LogP contribution in [0.1, 0.15) is 17.3 Å². The lowest BCUT2D eigenvalue weighted by atomic mass is 10.1. The number of hydrogen-bond acceptors (Lipinski definition) is 5. The molecule has 0 atom stereocenters. The van der Waals surface area contributed by atoms with Gasteiger partial charge in [0.15, 0.2) is 10.9 Å². The van der Waals surface area contributed by atoms with Gasteiger partial charge in [-0.25, -0.2) is 15.0 Å². The number of rotatable bonds is 3. The molecule has 0 aliphatic carbocycles. The van der Waals surface area contributed by atoms with Crippen LogP contribution in [0.3, 0.4) is 0 Å². The van der Waals surface area contributed by atoms with Gasteiger partial charge >= 0.3 is 0 Å². The van der Waals surface area contributed by atoms with E-state index in [1.54, 1.807) is 25.5 Å². The number of thioether (sulfide) groups is 1. The van der Waals surface area contributed by atoms with Crippen molar-refractivity contribution in [1.82, 2.24) is 19.5 Å². The number of carbonyl (C=O) groups excluding carboxylic acids is 1. The first-order chi connectivity index (χ1) is 9.69. The second kappa shape index (κ2) is 5.05. The molecular formula is C14H12N4OS. The zero-order chi connectivity index (χ0) is 14.1. The van der Waals surface area contributed by atoms with Gasteiger partial charge in [0.05, 0.1) is 11.0 Å². The van der Waals surface area contributed by atoms with Crippen LogP contribution in [-0.2, 0) is 0 Å². The first-order valence-corrected chi connectivity index (χ1v) is 7.27. The third-order valence-corrected chi connectivity index (χ3v) is 3.56. The number of carbonyl (C=O) groups is 1. The Morgan fingerprint density at radius 3 is 2.85 bits per heavy atom. The van der Waals surface area contributed by atoms with Crippen LogP contribution in [0.25, 0.3) is 16.9 Å². The maximum Gasteiger partial charge on any atom is 0.189 e. The van der Waals surface area contributed by atoms with Crippen molar-refractivity contribution in [2.75, 3.05) is 6.26 Å². The van der Waals surface area contributed by atoms with Crippen molar-refractivity contribution in [3.8, 4) is 5.82 Å². The number of benzene rings is 1. The summed E-state index contributed by atoms with van der Waals surface area (Å²) in [6.45, 7) is 1.55. The average molecular weight is 284 g/mol. The zero-order valence-electron chi connectivity index (χ0n) is 11.1. The Morgan fingerprint density at radius 2 is 2.10 bits per heavy atom. The van der Waals surface area contributed by atoms with E-state index in [9.17, 15) is 4.79 Å². The molecule has 100 valence electrons. The molecule has 20 heavy (non-hydrogen) atoms. The molecule has 2 heterocycles. The van der Waals surface area contributed by atoms with E-state index < -0.39 is 0 Å². The summed E-state index contributed by atoms with van der Waals surface area (Å²) in [5.74, 6) is 0.777. The molecule has 3 aromatic rings. The van der Waals surface area contributed by atoms with E-state index in [1.165, 1.54) is 11.8 Å². The molecule has 0 aliphatic rings. The molecule has 0 saturated carbocycles. The molecular weight excluding hydrogens is 272 g/mol. The Kier molecular flexibility index (Phi) is 3.23. The van der Waals surface area contributed by atoms with Crippen molar-refractivity contribution in [2.45, 2.75) is 12.1 Å².